The van der Waals surface area contributed by atoms with Crippen LogP contribution in [0.1, 0.15) is 30.6 Å². The highest BCUT2D eigenvalue weighted by molar-refractivity contribution is 5.57. The van der Waals surface area contributed by atoms with Gasteiger partial charge in [0.25, 0.3) is 0 Å². The maximum atomic E-state index is 4.20. The molecule has 0 spiro atoms. The van der Waals surface area contributed by atoms with Gasteiger partial charge in [-0.25, -0.2) is 4.98 Å². The monoisotopic (exact) mass is 175 g/mol. The van der Waals surface area contributed by atoms with Gasteiger partial charge >= 0.3 is 0 Å². The Morgan fingerprint density at radius 1 is 1.31 bits per heavy atom. The normalized spacial score (nSPS) is 10.6. The van der Waals surface area contributed by atoms with E-state index >= 15 is 0 Å². The van der Waals surface area contributed by atoms with Gasteiger partial charge in [-0.1, -0.05) is 19.6 Å². The average Bonchev–Trinajstić information content (AvgIpc) is 2.16. The number of rotatable bonds is 3. The number of aromatic nitrogens is 3. The van der Waals surface area contributed by atoms with Crippen LogP contribution in [0.3, 0.4) is 0 Å². The van der Waals surface area contributed by atoms with Crippen molar-refractivity contribution < 1.29 is 0 Å². The molecule has 0 bridgehead atoms. The lowest BCUT2D eigenvalue weighted by atomic mass is 10.2. The number of allylic oxidation sites excluding steroid dienone is 1. The first-order valence-electron chi connectivity index (χ1n) is 4.28. The van der Waals surface area contributed by atoms with Crippen LogP contribution in [0.4, 0.5) is 0 Å². The maximum absolute atomic E-state index is 4.20. The summed E-state index contributed by atoms with van der Waals surface area (Å²) < 4.78 is 0. The van der Waals surface area contributed by atoms with Crippen LogP contribution in [0.2, 0.25) is 0 Å². The number of hydrogen-bond acceptors (Lipinski definition) is 3. The van der Waals surface area contributed by atoms with Gasteiger partial charge in [0, 0.05) is 0 Å². The SMILES string of the molecule is C=Cc1nc(C)nnc1/C=C\CC. The van der Waals surface area contributed by atoms with E-state index in [1.165, 1.54) is 0 Å². The van der Waals surface area contributed by atoms with Crippen molar-refractivity contribution in [2.45, 2.75) is 20.3 Å². The Morgan fingerprint density at radius 2 is 2.08 bits per heavy atom. The Hall–Kier alpha value is -1.51. The van der Waals surface area contributed by atoms with E-state index in [0.29, 0.717) is 5.82 Å². The third-order valence-corrected chi connectivity index (χ3v) is 1.55. The topological polar surface area (TPSA) is 38.7 Å². The van der Waals surface area contributed by atoms with Gasteiger partial charge in [-0.2, -0.15) is 0 Å². The fourth-order valence-electron chi connectivity index (χ4n) is 0.930. The molecule has 1 rings (SSSR count). The minimum Gasteiger partial charge on any atom is -0.230 e. The fraction of sp³-hybridized carbons (Fsp3) is 0.300. The van der Waals surface area contributed by atoms with Crippen molar-refractivity contribution in [2.75, 3.05) is 0 Å². The molecule has 0 radical (unpaired) electrons. The van der Waals surface area contributed by atoms with Gasteiger partial charge in [0.05, 0.1) is 5.69 Å². The first-order valence-corrected chi connectivity index (χ1v) is 4.28. The highest BCUT2D eigenvalue weighted by Gasteiger charge is 1.99. The van der Waals surface area contributed by atoms with E-state index in [-0.39, 0.29) is 0 Å². The number of nitrogens with zero attached hydrogens (tertiary/aromatic N) is 3. The molecule has 1 heterocycles. The predicted molar refractivity (Wildman–Crippen MR) is 54.0 cm³/mol. The van der Waals surface area contributed by atoms with E-state index in [9.17, 15) is 0 Å². The van der Waals surface area contributed by atoms with Crippen LogP contribution >= 0.6 is 0 Å². The molecule has 0 amide bonds. The van der Waals surface area contributed by atoms with Gasteiger partial charge in [0.1, 0.15) is 11.5 Å². The Kier molecular flexibility index (Phi) is 3.31. The van der Waals surface area contributed by atoms with Gasteiger partial charge in [-0.15, -0.1) is 10.2 Å². The molecule has 68 valence electrons. The summed E-state index contributed by atoms with van der Waals surface area (Å²) in [5.41, 5.74) is 1.57. The molecule has 0 aliphatic heterocycles. The third kappa shape index (κ3) is 2.47. The van der Waals surface area contributed by atoms with Gasteiger partial charge < -0.3 is 0 Å². The molecule has 0 aliphatic carbocycles. The van der Waals surface area contributed by atoms with Crippen LogP contribution < -0.4 is 0 Å². The summed E-state index contributed by atoms with van der Waals surface area (Å²) >= 11 is 0. The zero-order valence-corrected chi connectivity index (χ0v) is 7.99. The summed E-state index contributed by atoms with van der Waals surface area (Å²) in [4.78, 5) is 4.20. The first-order chi connectivity index (χ1) is 6.27. The molecule has 0 unspecified atom stereocenters. The summed E-state index contributed by atoms with van der Waals surface area (Å²) in [6, 6.07) is 0. The molecule has 0 aromatic carbocycles. The second kappa shape index (κ2) is 4.50. The molecule has 0 atom stereocenters. The van der Waals surface area contributed by atoms with Crippen LogP contribution in [0.5, 0.6) is 0 Å². The van der Waals surface area contributed by atoms with E-state index in [0.717, 1.165) is 17.8 Å². The van der Waals surface area contributed by atoms with Crippen molar-refractivity contribution in [1.82, 2.24) is 15.2 Å². The van der Waals surface area contributed by atoms with Crippen LogP contribution in [0, 0.1) is 6.92 Å². The molecular formula is C10H13N3. The molecule has 1 aromatic heterocycles. The third-order valence-electron chi connectivity index (χ3n) is 1.55. The van der Waals surface area contributed by atoms with E-state index in [4.69, 9.17) is 0 Å². The highest BCUT2D eigenvalue weighted by atomic mass is 15.2. The summed E-state index contributed by atoms with van der Waals surface area (Å²) in [6.45, 7) is 7.56. The van der Waals surface area contributed by atoms with E-state index < -0.39 is 0 Å². The lowest BCUT2D eigenvalue weighted by Gasteiger charge is -1.98. The zero-order valence-electron chi connectivity index (χ0n) is 7.99. The minimum absolute atomic E-state index is 0.670. The summed E-state index contributed by atoms with van der Waals surface area (Å²) in [6.07, 6.45) is 6.60. The molecule has 13 heavy (non-hydrogen) atoms. The predicted octanol–water partition coefficient (Wildman–Crippen LogP) is 2.25. The first kappa shape index (κ1) is 9.58. The van der Waals surface area contributed by atoms with Crippen molar-refractivity contribution in [3.05, 3.63) is 29.9 Å². The Morgan fingerprint density at radius 3 is 2.69 bits per heavy atom. The summed E-state index contributed by atoms with van der Waals surface area (Å²) in [5, 5.41) is 7.90. The Bertz CT molecular complexity index is 329. The summed E-state index contributed by atoms with van der Waals surface area (Å²) in [7, 11) is 0. The zero-order chi connectivity index (χ0) is 9.68. The molecule has 0 N–H and O–H groups in total. The molecular weight excluding hydrogens is 162 g/mol. The molecule has 0 fully saturated rings. The quantitative estimate of drug-likeness (QED) is 0.707. The van der Waals surface area contributed by atoms with Gasteiger partial charge in [0.15, 0.2) is 0 Å². The molecule has 0 saturated carbocycles. The minimum atomic E-state index is 0.670. The average molecular weight is 175 g/mol. The Balaban J connectivity index is 3.06. The number of aryl methyl sites for hydroxylation is 1. The van der Waals surface area contributed by atoms with Crippen molar-refractivity contribution in [3.63, 3.8) is 0 Å². The molecule has 3 nitrogen and oxygen atoms in total. The molecule has 0 saturated heterocycles. The maximum Gasteiger partial charge on any atom is 0.148 e. The highest BCUT2D eigenvalue weighted by Crippen LogP contribution is 2.05. The van der Waals surface area contributed by atoms with Crippen LogP contribution in [-0.2, 0) is 0 Å². The van der Waals surface area contributed by atoms with Crippen molar-refractivity contribution >= 4 is 12.2 Å². The van der Waals surface area contributed by atoms with Gasteiger partial charge in [0.2, 0.25) is 0 Å². The standard InChI is InChI=1S/C10H13N3/c1-4-6-7-10-9(5-2)11-8(3)12-13-10/h5-7H,2,4H2,1,3H3/b7-6-. The lowest BCUT2D eigenvalue weighted by Crippen LogP contribution is -1.98. The van der Waals surface area contributed by atoms with Gasteiger partial charge in [-0.3, -0.25) is 0 Å². The number of hydrogen-bond donors (Lipinski definition) is 0. The fourth-order valence-corrected chi connectivity index (χ4v) is 0.930. The Labute approximate surface area is 78.2 Å². The smallest absolute Gasteiger partial charge is 0.148 e. The van der Waals surface area contributed by atoms with E-state index in [2.05, 4.69) is 28.7 Å². The largest absolute Gasteiger partial charge is 0.230 e. The van der Waals surface area contributed by atoms with E-state index in [1.54, 1.807) is 6.08 Å². The van der Waals surface area contributed by atoms with Crippen LogP contribution in [0.25, 0.3) is 12.2 Å². The van der Waals surface area contributed by atoms with Crippen LogP contribution in [0.15, 0.2) is 12.7 Å². The van der Waals surface area contributed by atoms with Crippen molar-refractivity contribution in [3.8, 4) is 0 Å². The molecule has 3 heteroatoms. The summed E-state index contributed by atoms with van der Waals surface area (Å²) in [5.74, 6) is 0.670. The van der Waals surface area contributed by atoms with Gasteiger partial charge in [-0.05, 0) is 25.5 Å². The van der Waals surface area contributed by atoms with Crippen LogP contribution in [-0.4, -0.2) is 15.2 Å². The van der Waals surface area contributed by atoms with Crippen molar-refractivity contribution in [1.29, 1.82) is 0 Å². The lowest BCUT2D eigenvalue weighted by molar-refractivity contribution is 0.890. The molecule has 0 aliphatic rings. The van der Waals surface area contributed by atoms with E-state index in [1.807, 2.05) is 19.1 Å². The molecule has 1 aromatic rings. The second-order valence-corrected chi connectivity index (χ2v) is 2.64. The second-order valence-electron chi connectivity index (χ2n) is 2.64. The van der Waals surface area contributed by atoms with Crippen molar-refractivity contribution in [2.24, 2.45) is 0 Å².